The molecule has 2 aromatic heterocycles. The highest BCUT2D eigenvalue weighted by atomic mass is 32.2. The second-order valence-corrected chi connectivity index (χ2v) is 4.66. The largest absolute Gasteiger partial charge is 0.326 e. The molecule has 0 aromatic carbocycles. The van der Waals surface area contributed by atoms with Crippen molar-refractivity contribution in [3.8, 4) is 0 Å². The highest BCUT2D eigenvalue weighted by Gasteiger charge is 2.07. The lowest BCUT2D eigenvalue weighted by Gasteiger charge is -2.06. The molecule has 5 heteroatoms. The van der Waals surface area contributed by atoms with Crippen LogP contribution in [-0.4, -0.2) is 15.0 Å². The summed E-state index contributed by atoms with van der Waals surface area (Å²) in [6, 6.07) is 5.83. The molecule has 17 heavy (non-hydrogen) atoms. The van der Waals surface area contributed by atoms with Crippen LogP contribution in [0.4, 0.5) is 0 Å². The highest BCUT2D eigenvalue weighted by molar-refractivity contribution is 7.99. The first-order valence-corrected chi connectivity index (χ1v) is 6.15. The maximum atomic E-state index is 5.69. The monoisotopic (exact) mass is 246 g/mol. The van der Waals surface area contributed by atoms with Gasteiger partial charge in [0.05, 0.1) is 0 Å². The van der Waals surface area contributed by atoms with Crippen LogP contribution in [0.3, 0.4) is 0 Å². The Morgan fingerprint density at radius 3 is 2.59 bits per heavy atom. The average molecular weight is 246 g/mol. The van der Waals surface area contributed by atoms with Crippen LogP contribution >= 0.6 is 11.8 Å². The standard InChI is InChI=1S/C12H14N4S/c1-8-3-4-10(7-13)11(15-8)17-12-14-6-5-9(2)16-12/h3-6H,7,13H2,1-2H3. The minimum Gasteiger partial charge on any atom is -0.326 e. The number of nitrogens with zero attached hydrogens (tertiary/aromatic N) is 3. The van der Waals surface area contributed by atoms with Gasteiger partial charge in [0.25, 0.3) is 0 Å². The molecule has 0 amide bonds. The molecule has 0 atom stereocenters. The summed E-state index contributed by atoms with van der Waals surface area (Å²) in [7, 11) is 0. The van der Waals surface area contributed by atoms with E-state index in [4.69, 9.17) is 5.73 Å². The van der Waals surface area contributed by atoms with Crippen LogP contribution in [0.5, 0.6) is 0 Å². The molecule has 0 saturated heterocycles. The first-order valence-electron chi connectivity index (χ1n) is 5.33. The predicted octanol–water partition coefficient (Wildman–Crippen LogP) is 2.10. The van der Waals surface area contributed by atoms with Gasteiger partial charge in [-0.1, -0.05) is 6.07 Å². The Kier molecular flexibility index (Phi) is 3.71. The van der Waals surface area contributed by atoms with Crippen molar-refractivity contribution in [1.29, 1.82) is 0 Å². The minimum atomic E-state index is 0.474. The Balaban J connectivity index is 2.32. The zero-order valence-electron chi connectivity index (χ0n) is 9.84. The molecule has 0 unspecified atom stereocenters. The molecule has 2 aromatic rings. The van der Waals surface area contributed by atoms with E-state index in [1.165, 1.54) is 11.8 Å². The van der Waals surface area contributed by atoms with E-state index in [-0.39, 0.29) is 0 Å². The lowest BCUT2D eigenvalue weighted by atomic mass is 10.2. The molecule has 2 N–H and O–H groups in total. The van der Waals surface area contributed by atoms with Gasteiger partial charge in [0, 0.05) is 24.1 Å². The Morgan fingerprint density at radius 2 is 1.88 bits per heavy atom. The SMILES string of the molecule is Cc1ccnc(Sc2nc(C)ccc2CN)n1. The summed E-state index contributed by atoms with van der Waals surface area (Å²) < 4.78 is 0. The van der Waals surface area contributed by atoms with Crippen LogP contribution in [0.1, 0.15) is 17.0 Å². The molecule has 88 valence electrons. The molecular formula is C12H14N4S. The third-order valence-corrected chi connectivity index (χ3v) is 3.18. The van der Waals surface area contributed by atoms with E-state index in [9.17, 15) is 0 Å². The molecule has 0 aliphatic rings. The van der Waals surface area contributed by atoms with Gasteiger partial charge >= 0.3 is 0 Å². The Bertz CT molecular complexity index is 528. The quantitative estimate of drug-likeness (QED) is 0.840. The van der Waals surface area contributed by atoms with Crippen LogP contribution in [0.15, 0.2) is 34.6 Å². The highest BCUT2D eigenvalue weighted by Crippen LogP contribution is 2.26. The van der Waals surface area contributed by atoms with Gasteiger partial charge in [0.2, 0.25) is 0 Å². The lowest BCUT2D eigenvalue weighted by Crippen LogP contribution is -2.01. The molecule has 4 nitrogen and oxygen atoms in total. The zero-order valence-corrected chi connectivity index (χ0v) is 10.7. The van der Waals surface area contributed by atoms with Crippen molar-refractivity contribution in [3.63, 3.8) is 0 Å². The molecule has 2 heterocycles. The van der Waals surface area contributed by atoms with Gasteiger partial charge in [-0.25, -0.2) is 15.0 Å². The van der Waals surface area contributed by atoms with Crippen molar-refractivity contribution < 1.29 is 0 Å². The Labute approximate surface area is 105 Å². The topological polar surface area (TPSA) is 64.7 Å². The molecular weight excluding hydrogens is 232 g/mol. The first kappa shape index (κ1) is 12.0. The normalized spacial score (nSPS) is 10.5. The summed E-state index contributed by atoms with van der Waals surface area (Å²) in [6.45, 7) is 4.38. The van der Waals surface area contributed by atoms with E-state index < -0.39 is 0 Å². The van der Waals surface area contributed by atoms with E-state index in [1.54, 1.807) is 6.20 Å². The summed E-state index contributed by atoms with van der Waals surface area (Å²) in [5.41, 5.74) is 8.63. The van der Waals surface area contributed by atoms with Crippen molar-refractivity contribution in [2.75, 3.05) is 0 Å². The predicted molar refractivity (Wildman–Crippen MR) is 67.8 cm³/mol. The van der Waals surface area contributed by atoms with Crippen LogP contribution in [0.2, 0.25) is 0 Å². The van der Waals surface area contributed by atoms with Gasteiger partial charge in [-0.15, -0.1) is 0 Å². The van der Waals surface area contributed by atoms with Crippen molar-refractivity contribution in [2.45, 2.75) is 30.6 Å². The number of nitrogens with two attached hydrogens (primary N) is 1. The van der Waals surface area contributed by atoms with Crippen molar-refractivity contribution in [2.24, 2.45) is 5.73 Å². The van der Waals surface area contributed by atoms with Gasteiger partial charge in [-0.3, -0.25) is 0 Å². The average Bonchev–Trinajstić information content (AvgIpc) is 2.29. The number of aryl methyl sites for hydroxylation is 2. The maximum absolute atomic E-state index is 5.69. The van der Waals surface area contributed by atoms with E-state index in [2.05, 4.69) is 15.0 Å². The summed E-state index contributed by atoms with van der Waals surface area (Å²) in [5.74, 6) is 0. The summed E-state index contributed by atoms with van der Waals surface area (Å²) in [4.78, 5) is 13.0. The van der Waals surface area contributed by atoms with Crippen LogP contribution in [-0.2, 0) is 6.54 Å². The number of aromatic nitrogens is 3. The van der Waals surface area contributed by atoms with Crippen molar-refractivity contribution in [1.82, 2.24) is 15.0 Å². The van der Waals surface area contributed by atoms with Crippen LogP contribution in [0, 0.1) is 13.8 Å². The molecule has 0 radical (unpaired) electrons. The van der Waals surface area contributed by atoms with Gasteiger partial charge in [-0.05, 0) is 43.3 Å². The fourth-order valence-electron chi connectivity index (χ4n) is 1.37. The number of pyridine rings is 1. The van der Waals surface area contributed by atoms with Crippen LogP contribution in [0.25, 0.3) is 0 Å². The second-order valence-electron chi connectivity index (χ2n) is 3.70. The van der Waals surface area contributed by atoms with Gasteiger partial charge in [0.1, 0.15) is 5.03 Å². The lowest BCUT2D eigenvalue weighted by molar-refractivity contribution is 0.907. The molecule has 0 aliphatic heterocycles. The second kappa shape index (κ2) is 5.25. The molecule has 0 aliphatic carbocycles. The van der Waals surface area contributed by atoms with Gasteiger partial charge in [-0.2, -0.15) is 0 Å². The van der Waals surface area contributed by atoms with E-state index >= 15 is 0 Å². The van der Waals surface area contributed by atoms with Crippen molar-refractivity contribution >= 4 is 11.8 Å². The molecule has 2 rings (SSSR count). The van der Waals surface area contributed by atoms with Crippen LogP contribution < -0.4 is 5.73 Å². The number of rotatable bonds is 3. The third kappa shape index (κ3) is 3.01. The van der Waals surface area contributed by atoms with Gasteiger partial charge in [0.15, 0.2) is 5.16 Å². The first-order chi connectivity index (χ1) is 8.19. The van der Waals surface area contributed by atoms with E-state index in [0.29, 0.717) is 11.7 Å². The molecule has 0 fully saturated rings. The van der Waals surface area contributed by atoms with Crippen molar-refractivity contribution in [3.05, 3.63) is 41.3 Å². The zero-order chi connectivity index (χ0) is 12.3. The summed E-state index contributed by atoms with van der Waals surface area (Å²) in [5, 5.41) is 1.59. The Hall–Kier alpha value is -1.46. The summed E-state index contributed by atoms with van der Waals surface area (Å²) in [6.07, 6.45) is 1.75. The Morgan fingerprint density at radius 1 is 1.12 bits per heavy atom. The number of hydrogen-bond donors (Lipinski definition) is 1. The molecule has 0 saturated carbocycles. The molecule has 0 bridgehead atoms. The smallest absolute Gasteiger partial charge is 0.194 e. The maximum Gasteiger partial charge on any atom is 0.194 e. The minimum absolute atomic E-state index is 0.474. The fraction of sp³-hybridized carbons (Fsp3) is 0.250. The third-order valence-electron chi connectivity index (χ3n) is 2.26. The van der Waals surface area contributed by atoms with E-state index in [1.807, 2.05) is 32.0 Å². The fourth-order valence-corrected chi connectivity index (χ4v) is 2.32. The van der Waals surface area contributed by atoms with E-state index in [0.717, 1.165) is 22.0 Å². The molecule has 0 spiro atoms. The van der Waals surface area contributed by atoms with Gasteiger partial charge < -0.3 is 5.73 Å². The number of hydrogen-bond acceptors (Lipinski definition) is 5. The summed E-state index contributed by atoms with van der Waals surface area (Å²) >= 11 is 1.45.